The van der Waals surface area contributed by atoms with E-state index in [1.807, 2.05) is 0 Å². The van der Waals surface area contributed by atoms with Crippen molar-refractivity contribution < 1.29 is 28.0 Å². The minimum Gasteiger partial charge on any atom is -0.326 e. The normalized spacial score (nSPS) is 16.6. The second-order valence-corrected chi connectivity index (χ2v) is 4.37. The maximum absolute atomic E-state index is 10.6. The molecule has 6 nitrogen and oxygen atoms in total. The van der Waals surface area contributed by atoms with Gasteiger partial charge >= 0.3 is 16.5 Å². The van der Waals surface area contributed by atoms with Gasteiger partial charge in [-0.2, -0.15) is 0 Å². The van der Waals surface area contributed by atoms with Crippen LogP contribution in [0.2, 0.25) is 0 Å². The number of hydrogen-bond donors (Lipinski definition) is 2. The van der Waals surface area contributed by atoms with Gasteiger partial charge in [-0.05, 0) is 12.8 Å². The molecule has 86 valence electrons. The molecule has 0 rings (SSSR count). The van der Waals surface area contributed by atoms with Crippen molar-refractivity contribution in [3.63, 3.8) is 0 Å². The highest BCUT2D eigenvalue weighted by atomic mass is 31.1. The first-order valence-electron chi connectivity index (χ1n) is 4.23. The van der Waals surface area contributed by atoms with E-state index in [0.29, 0.717) is 12.8 Å². The SMILES string of the molecule is CCC(CC)(CO[PH](=O)O)O[PH](=O)O. The number of hydrogen-bond acceptors (Lipinski definition) is 4. The molecule has 0 bridgehead atoms. The largest absolute Gasteiger partial charge is 0.326 e. The lowest BCUT2D eigenvalue weighted by molar-refractivity contribution is 0.00929. The summed E-state index contributed by atoms with van der Waals surface area (Å²) >= 11 is 0. The minimum atomic E-state index is -3.06. The third-order valence-corrected chi connectivity index (χ3v) is 3.05. The van der Waals surface area contributed by atoms with E-state index in [1.54, 1.807) is 13.8 Å². The van der Waals surface area contributed by atoms with Crippen LogP contribution < -0.4 is 0 Å². The van der Waals surface area contributed by atoms with Crippen LogP contribution >= 0.6 is 16.5 Å². The van der Waals surface area contributed by atoms with E-state index in [9.17, 15) is 9.13 Å². The van der Waals surface area contributed by atoms with Gasteiger partial charge in [0.2, 0.25) is 0 Å². The Kier molecular flexibility index (Phi) is 6.87. The second kappa shape index (κ2) is 6.72. The molecule has 2 unspecified atom stereocenters. The second-order valence-electron chi connectivity index (χ2n) is 2.81. The Morgan fingerprint density at radius 1 is 1.14 bits per heavy atom. The Morgan fingerprint density at radius 3 is 1.93 bits per heavy atom. The molecule has 0 aromatic rings. The summed E-state index contributed by atoms with van der Waals surface area (Å²) in [5, 5.41) is 0. The van der Waals surface area contributed by atoms with Gasteiger partial charge in [-0.25, -0.2) is 0 Å². The molecule has 0 aliphatic rings. The molecule has 0 heterocycles. The predicted octanol–water partition coefficient (Wildman–Crippen LogP) is 1.34. The molecule has 0 spiro atoms. The summed E-state index contributed by atoms with van der Waals surface area (Å²) in [5.41, 5.74) is -0.937. The zero-order valence-electron chi connectivity index (χ0n) is 8.15. The van der Waals surface area contributed by atoms with Crippen LogP contribution in [0.3, 0.4) is 0 Å². The summed E-state index contributed by atoms with van der Waals surface area (Å²) in [4.78, 5) is 17.1. The minimum absolute atomic E-state index is 0.148. The lowest BCUT2D eigenvalue weighted by Crippen LogP contribution is -2.33. The van der Waals surface area contributed by atoms with Crippen molar-refractivity contribution >= 4 is 16.5 Å². The van der Waals surface area contributed by atoms with Gasteiger partial charge in [0.25, 0.3) is 0 Å². The standard InChI is InChI=1S/C6H16O6P2/c1-3-6(4-2,12-14(9)10)5-11-13(7)8/h13-14H,3-5H2,1-2H3,(H,7,8)(H,9,10). The summed E-state index contributed by atoms with van der Waals surface area (Å²) in [7, 11) is -6.09. The predicted molar refractivity (Wildman–Crippen MR) is 52.8 cm³/mol. The molecule has 0 aromatic carbocycles. The molecular formula is C6H16O6P2. The monoisotopic (exact) mass is 246 g/mol. The van der Waals surface area contributed by atoms with E-state index in [1.165, 1.54) is 0 Å². The zero-order valence-corrected chi connectivity index (χ0v) is 10.1. The maximum Gasteiger partial charge on any atom is 0.317 e. The molecule has 2 atom stereocenters. The molecule has 8 heteroatoms. The van der Waals surface area contributed by atoms with Crippen molar-refractivity contribution in [1.82, 2.24) is 0 Å². The average Bonchev–Trinajstić information content (AvgIpc) is 2.11. The van der Waals surface area contributed by atoms with E-state index in [2.05, 4.69) is 4.52 Å². The van der Waals surface area contributed by atoms with Gasteiger partial charge in [0.1, 0.15) is 5.60 Å². The third kappa shape index (κ3) is 5.25. The third-order valence-electron chi connectivity index (χ3n) is 2.05. The molecular weight excluding hydrogens is 230 g/mol. The highest BCUT2D eigenvalue weighted by Crippen LogP contribution is 2.33. The van der Waals surface area contributed by atoms with E-state index in [-0.39, 0.29) is 6.61 Å². The lowest BCUT2D eigenvalue weighted by Gasteiger charge is -2.29. The fraction of sp³-hybridized carbons (Fsp3) is 1.00. The van der Waals surface area contributed by atoms with Gasteiger partial charge in [0, 0.05) is 0 Å². The van der Waals surface area contributed by atoms with Gasteiger partial charge in [0.15, 0.2) is 0 Å². The van der Waals surface area contributed by atoms with Crippen molar-refractivity contribution in [2.45, 2.75) is 32.3 Å². The summed E-state index contributed by atoms with van der Waals surface area (Å²) in [5.74, 6) is 0. The van der Waals surface area contributed by atoms with Gasteiger partial charge in [-0.1, -0.05) is 13.8 Å². The van der Waals surface area contributed by atoms with Crippen LogP contribution in [0.1, 0.15) is 26.7 Å². The highest BCUT2D eigenvalue weighted by molar-refractivity contribution is 7.32. The van der Waals surface area contributed by atoms with E-state index < -0.39 is 22.1 Å². The smallest absolute Gasteiger partial charge is 0.317 e. The van der Waals surface area contributed by atoms with E-state index >= 15 is 0 Å². The lowest BCUT2D eigenvalue weighted by atomic mass is 9.99. The van der Waals surface area contributed by atoms with Crippen molar-refractivity contribution in [1.29, 1.82) is 0 Å². The van der Waals surface area contributed by atoms with Crippen LogP contribution in [-0.2, 0) is 18.2 Å². The maximum atomic E-state index is 10.6. The van der Waals surface area contributed by atoms with Crippen LogP contribution in [0.4, 0.5) is 0 Å². The quantitative estimate of drug-likeness (QED) is 0.658. The summed E-state index contributed by atoms with van der Waals surface area (Å²) in [6, 6.07) is 0. The molecule has 0 saturated carbocycles. The van der Waals surface area contributed by atoms with Crippen LogP contribution in [-0.4, -0.2) is 22.0 Å². The topological polar surface area (TPSA) is 93.1 Å². The summed E-state index contributed by atoms with van der Waals surface area (Å²) < 4.78 is 30.3. The Morgan fingerprint density at radius 2 is 1.64 bits per heavy atom. The van der Waals surface area contributed by atoms with Crippen molar-refractivity contribution in [2.24, 2.45) is 0 Å². The highest BCUT2D eigenvalue weighted by Gasteiger charge is 2.30. The van der Waals surface area contributed by atoms with E-state index in [0.717, 1.165) is 0 Å². The first-order chi connectivity index (χ1) is 6.45. The van der Waals surface area contributed by atoms with Crippen LogP contribution in [0.5, 0.6) is 0 Å². The molecule has 0 saturated heterocycles. The Labute approximate surface area is 84.1 Å². The van der Waals surface area contributed by atoms with Gasteiger partial charge < -0.3 is 18.8 Å². The molecule has 0 aliphatic heterocycles. The molecule has 0 radical (unpaired) electrons. The molecule has 0 amide bonds. The van der Waals surface area contributed by atoms with Crippen molar-refractivity contribution in [3.05, 3.63) is 0 Å². The fourth-order valence-corrected chi connectivity index (χ4v) is 2.11. The number of rotatable bonds is 7. The Bertz CT molecular complexity index is 214. The molecule has 0 aromatic heterocycles. The van der Waals surface area contributed by atoms with Crippen molar-refractivity contribution in [2.75, 3.05) is 6.61 Å². The van der Waals surface area contributed by atoms with E-state index in [4.69, 9.17) is 14.3 Å². The van der Waals surface area contributed by atoms with Crippen molar-refractivity contribution in [3.8, 4) is 0 Å². The molecule has 0 fully saturated rings. The summed E-state index contributed by atoms with van der Waals surface area (Å²) in [6.07, 6.45) is 0.880. The first kappa shape index (κ1) is 14.3. The fourth-order valence-electron chi connectivity index (χ4n) is 1.01. The average molecular weight is 246 g/mol. The van der Waals surface area contributed by atoms with Gasteiger partial charge in [0.05, 0.1) is 6.61 Å². The van der Waals surface area contributed by atoms with Crippen LogP contribution in [0.15, 0.2) is 0 Å². The molecule has 0 aliphatic carbocycles. The van der Waals surface area contributed by atoms with Crippen LogP contribution in [0, 0.1) is 0 Å². The Hall–Kier alpha value is 0.300. The first-order valence-corrected chi connectivity index (χ1v) is 6.76. The van der Waals surface area contributed by atoms with Crippen LogP contribution in [0.25, 0.3) is 0 Å². The molecule has 2 N–H and O–H groups in total. The van der Waals surface area contributed by atoms with Gasteiger partial charge in [-0.15, -0.1) is 0 Å². The van der Waals surface area contributed by atoms with Gasteiger partial charge in [-0.3, -0.25) is 9.13 Å². The zero-order chi connectivity index (χ0) is 11.2. The summed E-state index contributed by atoms with van der Waals surface area (Å²) in [6.45, 7) is 3.36. The Balaban J connectivity index is 4.36. The molecule has 14 heavy (non-hydrogen) atoms.